The zero-order valence-electron chi connectivity index (χ0n) is 20.1. The molecular weight excluding hydrogens is 647 g/mol. The molecule has 0 fully saturated rings. The zero-order valence-corrected chi connectivity index (χ0v) is 23.8. The van der Waals surface area contributed by atoms with Gasteiger partial charge in [-0.05, 0) is 84.8 Å². The highest BCUT2D eigenvalue weighted by atomic mass is 127. The minimum atomic E-state index is -0.880. The van der Waals surface area contributed by atoms with Gasteiger partial charge >= 0.3 is 11.8 Å². The molecule has 0 heterocycles. The van der Waals surface area contributed by atoms with E-state index in [1.165, 1.54) is 13.3 Å². The van der Waals surface area contributed by atoms with Gasteiger partial charge in [0.25, 0.3) is 5.91 Å². The first-order chi connectivity index (χ1) is 17.2. The molecule has 3 N–H and O–H groups in total. The van der Waals surface area contributed by atoms with E-state index in [-0.39, 0.29) is 18.6 Å². The van der Waals surface area contributed by atoms with E-state index in [9.17, 15) is 14.4 Å². The van der Waals surface area contributed by atoms with Crippen LogP contribution >= 0.6 is 38.5 Å². The summed E-state index contributed by atoms with van der Waals surface area (Å²) in [5, 5.41) is 9.08. The molecule has 0 aliphatic carbocycles. The van der Waals surface area contributed by atoms with Gasteiger partial charge < -0.3 is 24.8 Å². The van der Waals surface area contributed by atoms with Gasteiger partial charge in [-0.15, -0.1) is 0 Å². The van der Waals surface area contributed by atoms with E-state index >= 15 is 0 Å². The lowest BCUT2D eigenvalue weighted by Crippen LogP contribution is -2.38. The highest BCUT2D eigenvalue weighted by Gasteiger charge is 2.14. The fraction of sp³-hybridized carbons (Fsp3) is 0.333. The van der Waals surface area contributed by atoms with Crippen molar-refractivity contribution in [2.75, 3.05) is 32.2 Å². The summed E-state index contributed by atoms with van der Waals surface area (Å²) in [6, 6.07) is 10.5. The van der Waals surface area contributed by atoms with E-state index in [0.29, 0.717) is 45.9 Å². The number of nitrogens with one attached hydrogen (secondary N) is 3. The van der Waals surface area contributed by atoms with Crippen LogP contribution in [0.15, 0.2) is 46.0 Å². The van der Waals surface area contributed by atoms with Crippen LogP contribution in [0.1, 0.15) is 25.8 Å². The summed E-state index contributed by atoms with van der Waals surface area (Å²) in [7, 11) is 1.47. The van der Waals surface area contributed by atoms with Crippen molar-refractivity contribution < 1.29 is 28.6 Å². The number of benzene rings is 2. The first-order valence-electron chi connectivity index (χ1n) is 11.0. The molecule has 0 spiro atoms. The predicted molar refractivity (Wildman–Crippen MR) is 148 cm³/mol. The number of amides is 3. The molecular formula is C24H28BrIN4O6. The fourth-order valence-electron chi connectivity index (χ4n) is 2.71. The molecule has 0 radical (unpaired) electrons. The lowest BCUT2D eigenvalue weighted by Gasteiger charge is -2.13. The van der Waals surface area contributed by atoms with E-state index in [1.807, 2.05) is 48.6 Å². The second-order valence-corrected chi connectivity index (χ2v) is 9.68. The minimum Gasteiger partial charge on any atom is -0.493 e. The van der Waals surface area contributed by atoms with Crippen LogP contribution in [-0.2, 0) is 19.1 Å². The van der Waals surface area contributed by atoms with Gasteiger partial charge in [-0.25, -0.2) is 5.43 Å². The van der Waals surface area contributed by atoms with E-state index in [4.69, 9.17) is 14.2 Å². The molecule has 3 amide bonds. The van der Waals surface area contributed by atoms with Gasteiger partial charge in [0.1, 0.15) is 0 Å². The van der Waals surface area contributed by atoms with Crippen LogP contribution in [0.4, 0.5) is 5.69 Å². The Balaban J connectivity index is 1.87. The molecule has 0 unspecified atom stereocenters. The van der Waals surface area contributed by atoms with Gasteiger partial charge in [0.15, 0.2) is 18.1 Å². The van der Waals surface area contributed by atoms with Crippen molar-refractivity contribution in [3.63, 3.8) is 0 Å². The molecule has 0 aliphatic rings. The summed E-state index contributed by atoms with van der Waals surface area (Å²) in [4.78, 5) is 36.0. The molecule has 2 rings (SSSR count). The van der Waals surface area contributed by atoms with Gasteiger partial charge in [0.2, 0.25) is 0 Å². The maximum atomic E-state index is 12.2. The second-order valence-electron chi connectivity index (χ2n) is 7.61. The van der Waals surface area contributed by atoms with Crippen LogP contribution in [0.2, 0.25) is 0 Å². The number of ether oxygens (including phenoxy) is 3. The lowest BCUT2D eigenvalue weighted by atomic mass is 10.2. The Kier molecular flexibility index (Phi) is 12.6. The Labute approximate surface area is 231 Å². The summed E-state index contributed by atoms with van der Waals surface area (Å²) < 4.78 is 18.0. The zero-order chi connectivity index (χ0) is 26.5. The fourth-order valence-corrected chi connectivity index (χ4v) is 3.76. The molecule has 0 saturated heterocycles. The molecule has 0 saturated carbocycles. The van der Waals surface area contributed by atoms with E-state index in [0.717, 1.165) is 4.47 Å². The number of carbonyl (C=O) groups is 3. The average Bonchev–Trinajstić information content (AvgIpc) is 2.83. The van der Waals surface area contributed by atoms with Crippen molar-refractivity contribution in [2.24, 2.45) is 5.10 Å². The normalized spacial score (nSPS) is 10.8. The molecule has 2 aromatic carbocycles. The van der Waals surface area contributed by atoms with Crippen molar-refractivity contribution in [3.8, 4) is 11.5 Å². The number of rotatable bonds is 12. The van der Waals surface area contributed by atoms with Gasteiger partial charge in [-0.3, -0.25) is 14.4 Å². The lowest BCUT2D eigenvalue weighted by molar-refractivity contribution is -0.139. The van der Waals surface area contributed by atoms with Crippen molar-refractivity contribution >= 4 is 68.1 Å². The largest absolute Gasteiger partial charge is 0.493 e. The Bertz CT molecular complexity index is 1080. The molecule has 2 aromatic rings. The molecule has 36 heavy (non-hydrogen) atoms. The minimum absolute atomic E-state index is 0.114. The SMILES string of the molecule is COc1cc(/C=N\NC(=O)C(=O)NCCCOC(C)C)cc(I)c1OCC(=O)Nc1ccc(Br)cc1. The van der Waals surface area contributed by atoms with Crippen molar-refractivity contribution in [1.29, 1.82) is 0 Å². The van der Waals surface area contributed by atoms with Crippen molar-refractivity contribution in [3.05, 3.63) is 50.0 Å². The Morgan fingerprint density at radius 1 is 1.14 bits per heavy atom. The second kappa shape index (κ2) is 15.4. The van der Waals surface area contributed by atoms with E-state index in [2.05, 4.69) is 37.1 Å². The number of methoxy groups -OCH3 is 1. The molecule has 12 heteroatoms. The number of nitrogens with zero attached hydrogens (tertiary/aromatic N) is 1. The monoisotopic (exact) mass is 674 g/mol. The van der Waals surface area contributed by atoms with Gasteiger partial charge in [-0.1, -0.05) is 15.9 Å². The Hall–Kier alpha value is -2.71. The van der Waals surface area contributed by atoms with E-state index in [1.54, 1.807) is 24.3 Å². The number of hydrogen-bond acceptors (Lipinski definition) is 7. The van der Waals surface area contributed by atoms with Gasteiger partial charge in [0, 0.05) is 23.3 Å². The van der Waals surface area contributed by atoms with Crippen LogP contribution < -0.4 is 25.5 Å². The summed E-state index contributed by atoms with van der Waals surface area (Å²) in [5.74, 6) is -1.21. The van der Waals surface area contributed by atoms with Crippen molar-refractivity contribution in [1.82, 2.24) is 10.7 Å². The van der Waals surface area contributed by atoms with Crippen LogP contribution in [0.5, 0.6) is 11.5 Å². The third-order valence-electron chi connectivity index (χ3n) is 4.37. The van der Waals surface area contributed by atoms with Gasteiger partial charge in [0.05, 0.1) is 23.0 Å². The highest BCUT2D eigenvalue weighted by molar-refractivity contribution is 14.1. The first-order valence-corrected chi connectivity index (χ1v) is 12.8. The predicted octanol–water partition coefficient (Wildman–Crippen LogP) is 3.46. The molecule has 0 aliphatic heterocycles. The Morgan fingerprint density at radius 3 is 2.53 bits per heavy atom. The third kappa shape index (κ3) is 10.5. The standard InChI is InChI=1S/C24H28BrIN4O6/c1-15(2)35-10-4-9-27-23(32)24(33)30-28-13-16-11-19(26)22(20(12-16)34-3)36-14-21(31)29-18-7-5-17(25)6-8-18/h5-8,11-13,15H,4,9-10,14H2,1-3H3,(H,27,32)(H,29,31)(H,30,33)/b28-13-. The molecule has 0 aromatic heterocycles. The molecule has 0 bridgehead atoms. The summed E-state index contributed by atoms with van der Waals surface area (Å²) in [5.41, 5.74) is 3.43. The molecule has 194 valence electrons. The Morgan fingerprint density at radius 2 is 1.86 bits per heavy atom. The maximum Gasteiger partial charge on any atom is 0.329 e. The first kappa shape index (κ1) is 29.5. The van der Waals surface area contributed by atoms with Crippen LogP contribution in [-0.4, -0.2) is 56.9 Å². The van der Waals surface area contributed by atoms with Crippen LogP contribution in [0.3, 0.4) is 0 Å². The quantitative estimate of drug-likeness (QED) is 0.104. The molecule has 0 atom stereocenters. The average molecular weight is 675 g/mol. The number of anilines is 1. The van der Waals surface area contributed by atoms with Gasteiger partial charge in [-0.2, -0.15) is 5.10 Å². The topological polar surface area (TPSA) is 127 Å². The maximum absolute atomic E-state index is 12.2. The number of hydrazone groups is 1. The van der Waals surface area contributed by atoms with Crippen LogP contribution in [0, 0.1) is 3.57 Å². The number of carbonyl (C=O) groups excluding carboxylic acids is 3. The summed E-state index contributed by atoms with van der Waals surface area (Å²) in [6.07, 6.45) is 2.08. The number of hydrogen-bond donors (Lipinski definition) is 3. The smallest absolute Gasteiger partial charge is 0.329 e. The molecule has 10 nitrogen and oxygen atoms in total. The third-order valence-corrected chi connectivity index (χ3v) is 5.70. The van der Waals surface area contributed by atoms with Crippen molar-refractivity contribution in [2.45, 2.75) is 26.4 Å². The number of halogens is 2. The summed E-state index contributed by atoms with van der Waals surface area (Å²) in [6.45, 7) is 4.44. The van der Waals surface area contributed by atoms with E-state index < -0.39 is 11.8 Å². The highest BCUT2D eigenvalue weighted by Crippen LogP contribution is 2.33. The van der Waals surface area contributed by atoms with Crippen LogP contribution in [0.25, 0.3) is 0 Å². The summed E-state index contributed by atoms with van der Waals surface area (Å²) >= 11 is 5.39.